The Bertz CT molecular complexity index is 4590. The van der Waals surface area contributed by atoms with Gasteiger partial charge in [-0.1, -0.05) is 43.6 Å². The average molecular weight is 1340 g/mol. The van der Waals surface area contributed by atoms with E-state index in [1.165, 1.54) is 52.1 Å². The second kappa shape index (κ2) is 23.5. The fourth-order valence-electron chi connectivity index (χ4n) is 11.7. The second-order valence-electron chi connectivity index (χ2n) is 22.5. The SMILES string of the molecule is Cc1cc(CC(=O)NCC(=O)O)c(C(C)(C)CC(=O)N(c2nn(C)c3c(-n4c([C@H](Cc5cc(F)cc(F)c5)NC(=O)Cn5nc(C(F)F)c6c5C(F)(F)[C@@H]5C[C@H]65)nc5cc(-c6cccc(C(F)(F)F)n6)ccc5c4=O)ccc(Cl)c23)S(C)(=O)=O)c(OP(=O)(O)O)c1. The van der Waals surface area contributed by atoms with Gasteiger partial charge in [-0.3, -0.25) is 47.7 Å². The van der Waals surface area contributed by atoms with E-state index in [9.17, 15) is 64.2 Å². The van der Waals surface area contributed by atoms with Crippen molar-refractivity contribution in [3.63, 3.8) is 0 Å². The Labute approximate surface area is 512 Å². The van der Waals surface area contributed by atoms with Gasteiger partial charge in [-0.25, -0.2) is 40.5 Å². The minimum absolute atomic E-state index is 0.0412. The second-order valence-corrected chi connectivity index (χ2v) is 25.9. The highest BCUT2D eigenvalue weighted by Crippen LogP contribution is 2.68. The molecule has 0 saturated heterocycles. The molecule has 4 aromatic heterocycles. The molecule has 8 aromatic rings. The molecule has 4 heterocycles. The van der Waals surface area contributed by atoms with Crippen LogP contribution in [0.2, 0.25) is 5.02 Å². The van der Waals surface area contributed by atoms with Crippen molar-refractivity contribution in [2.45, 2.75) is 88.9 Å². The van der Waals surface area contributed by atoms with E-state index >= 15 is 27.2 Å². The summed E-state index contributed by atoms with van der Waals surface area (Å²) >= 11 is 6.94. The summed E-state index contributed by atoms with van der Waals surface area (Å²) in [5.74, 6) is -15.2. The summed E-state index contributed by atoms with van der Waals surface area (Å²) in [6.45, 7) is 2.09. The lowest BCUT2D eigenvalue weighted by molar-refractivity contribution is -0.141. The number of hydrogen-bond acceptors (Lipinski definition) is 13. The normalized spacial score (nSPS) is 15.8. The van der Waals surface area contributed by atoms with Crippen LogP contribution in [-0.2, 0) is 77.7 Å². The van der Waals surface area contributed by atoms with Gasteiger partial charge in [0.2, 0.25) is 27.7 Å². The predicted octanol–water partition coefficient (Wildman–Crippen LogP) is 8.91. The third-order valence-corrected chi connectivity index (χ3v) is 17.0. The van der Waals surface area contributed by atoms with Crippen LogP contribution in [0.25, 0.3) is 38.8 Å². The molecule has 0 aliphatic heterocycles. The molecule has 480 valence electrons. The highest BCUT2D eigenvalue weighted by molar-refractivity contribution is 7.92. The summed E-state index contributed by atoms with van der Waals surface area (Å²) in [6, 6.07) is 11.6. The Morgan fingerprint density at radius 2 is 1.65 bits per heavy atom. The number of carbonyl (C=O) groups excluding carboxylic acids is 3. The number of benzene rings is 4. The van der Waals surface area contributed by atoms with Gasteiger partial charge in [-0.05, 0) is 90.6 Å². The number of phosphoric acid groups is 1. The van der Waals surface area contributed by atoms with E-state index in [0.29, 0.717) is 23.1 Å². The smallest absolute Gasteiger partial charge is 0.480 e. The number of pyridine rings is 1. The number of fused-ring (bicyclic) bond motifs is 5. The summed E-state index contributed by atoms with van der Waals surface area (Å²) < 4.78 is 181. The molecule has 22 nitrogen and oxygen atoms in total. The zero-order valence-electron chi connectivity index (χ0n) is 47.8. The van der Waals surface area contributed by atoms with Gasteiger partial charge in [0.15, 0.2) is 5.82 Å². The number of carbonyl (C=O) groups is 4. The molecule has 0 unspecified atom stereocenters. The summed E-state index contributed by atoms with van der Waals surface area (Å²) in [6.07, 6.45) is -10.1. The fraction of sp³-hybridized carbons (Fsp3) is 0.316. The molecule has 5 N–H and O–H groups in total. The van der Waals surface area contributed by atoms with Crippen molar-refractivity contribution in [1.29, 1.82) is 0 Å². The topological polar surface area (TPSA) is 300 Å². The monoisotopic (exact) mass is 1330 g/mol. The van der Waals surface area contributed by atoms with Crippen molar-refractivity contribution in [3.05, 3.63) is 157 Å². The van der Waals surface area contributed by atoms with Crippen molar-refractivity contribution < 1.29 is 91.1 Å². The number of nitrogens with one attached hydrogen (secondary N) is 2. The number of amides is 3. The molecule has 2 aliphatic carbocycles. The lowest BCUT2D eigenvalue weighted by atomic mass is 9.77. The van der Waals surface area contributed by atoms with Gasteiger partial charge in [0, 0.05) is 54.0 Å². The number of aromatic nitrogens is 7. The van der Waals surface area contributed by atoms with E-state index in [1.54, 1.807) is 0 Å². The molecule has 1 saturated carbocycles. The number of phosphoric ester groups is 1. The van der Waals surface area contributed by atoms with Crippen LogP contribution < -0.4 is 25.0 Å². The number of carboxylic acid groups (broad SMARTS) is 1. The number of aryl methyl sites for hydroxylation is 2. The number of nitrogens with zero attached hydrogens (tertiary/aromatic N) is 8. The van der Waals surface area contributed by atoms with Gasteiger partial charge >= 0.3 is 20.0 Å². The molecule has 10 rings (SSSR count). The van der Waals surface area contributed by atoms with E-state index in [1.807, 2.05) is 0 Å². The first-order valence-electron chi connectivity index (χ1n) is 27.0. The number of anilines is 1. The Hall–Kier alpha value is -8.71. The highest BCUT2D eigenvalue weighted by Gasteiger charge is 2.67. The molecule has 3 atom stereocenters. The van der Waals surface area contributed by atoms with Crippen LogP contribution in [0.1, 0.15) is 95.8 Å². The average Bonchev–Trinajstić information content (AvgIpc) is 1.53. The van der Waals surface area contributed by atoms with E-state index in [2.05, 4.69) is 25.8 Å². The maximum atomic E-state index is 15.8. The standard InChI is InChI=1S/C57H49ClF9N10O12PS/c1-25-13-28(19-41(78)68-23-44(81)82)47(39(14-25)89-90(84,85)86)55(2,3)22-43(80)77(91(5,87)88)53-46-34(58)11-12-38(49(46)74(4)73-53)76-52(71-36-18-27(9-10-31(36)54(76)83)35-7-6-8-40(69-35)57(65,66)67)37(17-26-15-29(59)20-30(60)16-26)70-42(79)24-75-50-45(48(72-75)51(61)62)32-21-33(32)56(50,63)64/h6-16,18,20,32-33,37,51H,17,19,21-24H2,1-5H3,(H,68,78)(H,70,79)(H,81,82)(H2,84,85,86)/t32-,33+,37-/m0/s1. The van der Waals surface area contributed by atoms with E-state index in [-0.39, 0.29) is 71.4 Å². The maximum Gasteiger partial charge on any atom is 0.524 e. The summed E-state index contributed by atoms with van der Waals surface area (Å²) in [5.41, 5.74) is -8.14. The van der Waals surface area contributed by atoms with Crippen LogP contribution >= 0.6 is 19.4 Å². The van der Waals surface area contributed by atoms with Crippen molar-refractivity contribution in [2.24, 2.45) is 13.0 Å². The number of aliphatic carboxylic acids is 1. The highest BCUT2D eigenvalue weighted by atomic mass is 35.5. The van der Waals surface area contributed by atoms with Crippen molar-refractivity contribution in [2.75, 3.05) is 17.1 Å². The van der Waals surface area contributed by atoms with Gasteiger partial charge in [0.25, 0.3) is 17.9 Å². The predicted molar refractivity (Wildman–Crippen MR) is 306 cm³/mol. The Morgan fingerprint density at radius 1 is 0.956 bits per heavy atom. The first-order valence-corrected chi connectivity index (χ1v) is 30.8. The molecular formula is C57H49ClF9N10O12PS. The Kier molecular flexibility index (Phi) is 16.9. The van der Waals surface area contributed by atoms with Crippen LogP contribution in [0.3, 0.4) is 0 Å². The molecule has 34 heteroatoms. The molecule has 4 aromatic carbocycles. The van der Waals surface area contributed by atoms with E-state index < -0.39 is 178 Å². The minimum atomic E-state index is -5.44. The van der Waals surface area contributed by atoms with Crippen LogP contribution in [-0.4, -0.2) is 93.9 Å². The number of sulfonamides is 1. The van der Waals surface area contributed by atoms with E-state index in [4.69, 9.17) is 21.1 Å². The third kappa shape index (κ3) is 13.0. The number of alkyl halides is 7. The van der Waals surface area contributed by atoms with Crippen LogP contribution in [0.4, 0.5) is 45.3 Å². The summed E-state index contributed by atoms with van der Waals surface area (Å²) in [7, 11) is -9.14. The van der Waals surface area contributed by atoms with Crippen molar-refractivity contribution in [3.8, 4) is 22.7 Å². The molecule has 0 bridgehead atoms. The molecule has 2 aliphatic rings. The number of carboxylic acids is 1. The van der Waals surface area contributed by atoms with Gasteiger partial charge < -0.3 is 20.3 Å². The van der Waals surface area contributed by atoms with Crippen LogP contribution in [0, 0.1) is 24.5 Å². The van der Waals surface area contributed by atoms with Gasteiger partial charge in [0.05, 0.1) is 56.9 Å². The molecule has 0 radical (unpaired) electrons. The van der Waals surface area contributed by atoms with Gasteiger partial charge in [-0.2, -0.15) is 36.5 Å². The molecule has 91 heavy (non-hydrogen) atoms. The fourth-order valence-corrected chi connectivity index (χ4v) is 13.2. The van der Waals surface area contributed by atoms with Crippen molar-refractivity contribution in [1.82, 2.24) is 44.7 Å². The zero-order valence-corrected chi connectivity index (χ0v) is 50.3. The lowest BCUT2D eigenvalue weighted by Crippen LogP contribution is -2.40. The van der Waals surface area contributed by atoms with Crippen LogP contribution in [0.15, 0.2) is 83.7 Å². The van der Waals surface area contributed by atoms with Crippen LogP contribution in [0.5, 0.6) is 5.75 Å². The van der Waals surface area contributed by atoms with Crippen molar-refractivity contribution >= 4 is 80.8 Å². The first-order chi connectivity index (χ1) is 42.3. The van der Waals surface area contributed by atoms with Gasteiger partial charge in [0.1, 0.15) is 53.4 Å². The third-order valence-electron chi connectivity index (χ3n) is 15.2. The Balaban J connectivity index is 1.16. The first kappa shape index (κ1) is 65.2. The number of rotatable bonds is 20. The largest absolute Gasteiger partial charge is 0.524 e. The zero-order chi connectivity index (χ0) is 66.5. The Morgan fingerprint density at radius 3 is 2.29 bits per heavy atom. The molecule has 3 amide bonds. The lowest BCUT2D eigenvalue weighted by Gasteiger charge is -2.31. The quantitative estimate of drug-likeness (QED) is 0.0351. The molecule has 1 fully saturated rings. The summed E-state index contributed by atoms with van der Waals surface area (Å²) in [4.78, 5) is 98.0. The number of halogens is 10. The summed E-state index contributed by atoms with van der Waals surface area (Å²) in [5, 5.41) is 20.9. The van der Waals surface area contributed by atoms with Gasteiger partial charge in [-0.15, -0.1) is 0 Å². The van der Waals surface area contributed by atoms with E-state index in [0.717, 1.165) is 51.7 Å². The molecular weight excluding hydrogens is 1290 g/mol. The minimum Gasteiger partial charge on any atom is -0.480 e. The molecule has 0 spiro atoms. The number of hydrogen-bond donors (Lipinski definition) is 5. The maximum absolute atomic E-state index is 15.8.